The van der Waals surface area contributed by atoms with Crippen LogP contribution >= 0.6 is 0 Å². The van der Waals surface area contributed by atoms with E-state index in [2.05, 4.69) is 61.1 Å². The highest BCUT2D eigenvalue weighted by Crippen LogP contribution is 2.88. The smallest absolute Gasteiger partial charge is 0.0628 e. The lowest BCUT2D eigenvalue weighted by atomic mass is 9.43. The molecule has 1 N–H and O–H groups in total. The molecule has 1 heteroatoms. The Morgan fingerprint density at radius 2 is 1.75 bits per heavy atom. The summed E-state index contributed by atoms with van der Waals surface area (Å²) in [5.74, 6) is 3.15. The van der Waals surface area contributed by atoms with Crippen molar-refractivity contribution in [2.45, 2.75) is 119 Å². The van der Waals surface area contributed by atoms with Crippen LogP contribution in [0.4, 0.5) is 0 Å². The van der Waals surface area contributed by atoms with Crippen molar-refractivity contribution in [1.82, 2.24) is 0 Å². The summed E-state index contributed by atoms with van der Waals surface area (Å²) >= 11 is 0. The molecule has 2 spiro atoms. The van der Waals surface area contributed by atoms with Crippen molar-refractivity contribution in [3.05, 3.63) is 23.8 Å². The van der Waals surface area contributed by atoms with Gasteiger partial charge in [0.15, 0.2) is 0 Å². The Hall–Kier alpha value is -0.560. The van der Waals surface area contributed by atoms with Gasteiger partial charge >= 0.3 is 0 Å². The molecule has 180 valence electrons. The molecule has 5 aliphatic carbocycles. The molecule has 0 amide bonds. The van der Waals surface area contributed by atoms with E-state index in [1.54, 1.807) is 5.57 Å². The van der Waals surface area contributed by atoms with Crippen molar-refractivity contribution >= 4 is 0 Å². The summed E-state index contributed by atoms with van der Waals surface area (Å²) in [6.45, 7) is 21.6. The summed E-state index contributed by atoms with van der Waals surface area (Å²) in [4.78, 5) is 0. The fourth-order valence-electron chi connectivity index (χ4n) is 10.4. The summed E-state index contributed by atoms with van der Waals surface area (Å²) < 4.78 is 0. The van der Waals surface area contributed by atoms with Crippen LogP contribution in [0.15, 0.2) is 23.8 Å². The van der Waals surface area contributed by atoms with Gasteiger partial charge < -0.3 is 5.11 Å². The van der Waals surface area contributed by atoms with Crippen LogP contribution < -0.4 is 0 Å². The van der Waals surface area contributed by atoms with Gasteiger partial charge in [0.1, 0.15) is 0 Å². The quantitative estimate of drug-likeness (QED) is 0.428. The van der Waals surface area contributed by atoms with Gasteiger partial charge in [0.25, 0.3) is 0 Å². The zero-order valence-electron chi connectivity index (χ0n) is 22.2. The summed E-state index contributed by atoms with van der Waals surface area (Å²) in [6, 6.07) is 0. The molecule has 4 fully saturated rings. The first-order valence-electron chi connectivity index (χ1n) is 13.9. The first-order valence-corrected chi connectivity index (χ1v) is 13.9. The minimum atomic E-state index is -0.157. The third-order valence-corrected chi connectivity index (χ3v) is 12.9. The Balaban J connectivity index is 1.42. The number of rotatable bonds is 5. The number of hydrogen-bond acceptors (Lipinski definition) is 1. The van der Waals surface area contributed by atoms with Crippen LogP contribution in [-0.4, -0.2) is 11.2 Å². The van der Waals surface area contributed by atoms with E-state index in [0.717, 1.165) is 24.2 Å². The Kier molecular flexibility index (Phi) is 5.07. The predicted octanol–water partition coefficient (Wildman–Crippen LogP) is 8.34. The molecule has 0 bridgehead atoms. The van der Waals surface area contributed by atoms with Gasteiger partial charge in [-0.2, -0.15) is 0 Å². The lowest BCUT2D eigenvalue weighted by Crippen LogP contribution is -2.54. The molecule has 0 aromatic heterocycles. The van der Waals surface area contributed by atoms with Crippen LogP contribution in [0.1, 0.15) is 113 Å². The molecule has 5 rings (SSSR count). The van der Waals surface area contributed by atoms with Crippen LogP contribution in [0.3, 0.4) is 0 Å². The molecule has 0 saturated heterocycles. The van der Waals surface area contributed by atoms with Gasteiger partial charge in [-0.3, -0.25) is 0 Å². The van der Waals surface area contributed by atoms with E-state index in [-0.39, 0.29) is 11.5 Å². The minimum Gasteiger partial charge on any atom is -0.392 e. The SMILES string of the molecule is C=C(CCC(C)C1CCC2(C)C3CC=C4C(C)(C)C(O)CCC45CC35CCC12C)C(C)C. The fraction of sp³-hybridized carbons (Fsp3) is 0.871. The molecule has 4 saturated carbocycles. The molecule has 0 aromatic carbocycles. The fourth-order valence-corrected chi connectivity index (χ4v) is 10.4. The van der Waals surface area contributed by atoms with Crippen LogP contribution in [0.5, 0.6) is 0 Å². The maximum Gasteiger partial charge on any atom is 0.0628 e. The topological polar surface area (TPSA) is 20.2 Å². The number of aliphatic hydroxyl groups is 1. The zero-order valence-corrected chi connectivity index (χ0v) is 22.2. The average Bonchev–Trinajstić information content (AvgIpc) is 3.31. The van der Waals surface area contributed by atoms with Gasteiger partial charge in [0.05, 0.1) is 6.10 Å². The van der Waals surface area contributed by atoms with Crippen LogP contribution in [-0.2, 0) is 0 Å². The van der Waals surface area contributed by atoms with Gasteiger partial charge in [-0.05, 0) is 110 Å². The molecule has 8 atom stereocenters. The molecule has 0 aromatic rings. The van der Waals surface area contributed by atoms with Gasteiger partial charge in [-0.25, -0.2) is 0 Å². The van der Waals surface area contributed by atoms with E-state index in [9.17, 15) is 5.11 Å². The van der Waals surface area contributed by atoms with E-state index >= 15 is 0 Å². The largest absolute Gasteiger partial charge is 0.392 e. The lowest BCUT2D eigenvalue weighted by molar-refractivity contribution is -0.106. The highest BCUT2D eigenvalue weighted by Gasteiger charge is 2.80. The molecular formula is C31H50O. The maximum atomic E-state index is 10.8. The third kappa shape index (κ3) is 2.67. The number of fused-ring (bicyclic) bond motifs is 2. The molecular weight excluding hydrogens is 388 g/mol. The van der Waals surface area contributed by atoms with Crippen molar-refractivity contribution in [3.8, 4) is 0 Å². The molecule has 8 unspecified atom stereocenters. The van der Waals surface area contributed by atoms with Crippen LogP contribution in [0.25, 0.3) is 0 Å². The lowest BCUT2D eigenvalue weighted by Gasteiger charge is -2.61. The van der Waals surface area contributed by atoms with E-state index in [0.29, 0.717) is 27.6 Å². The summed E-state index contributed by atoms with van der Waals surface area (Å²) in [6.07, 6.45) is 15.7. The molecule has 0 aliphatic heterocycles. The number of aliphatic hydroxyl groups excluding tert-OH is 1. The Morgan fingerprint density at radius 1 is 1.03 bits per heavy atom. The first-order chi connectivity index (χ1) is 14.9. The van der Waals surface area contributed by atoms with Crippen molar-refractivity contribution < 1.29 is 5.11 Å². The van der Waals surface area contributed by atoms with Crippen LogP contribution in [0, 0.1) is 50.7 Å². The van der Waals surface area contributed by atoms with E-state index in [4.69, 9.17) is 0 Å². The summed E-state index contributed by atoms with van der Waals surface area (Å²) in [5.41, 5.74) is 5.01. The second kappa shape index (κ2) is 6.99. The van der Waals surface area contributed by atoms with Gasteiger partial charge in [-0.1, -0.05) is 72.3 Å². The summed E-state index contributed by atoms with van der Waals surface area (Å²) in [5, 5.41) is 10.8. The highest BCUT2D eigenvalue weighted by molar-refractivity contribution is 5.44. The van der Waals surface area contributed by atoms with Crippen molar-refractivity contribution in [3.63, 3.8) is 0 Å². The van der Waals surface area contributed by atoms with E-state index in [1.165, 1.54) is 63.4 Å². The van der Waals surface area contributed by atoms with E-state index < -0.39 is 0 Å². The zero-order chi connectivity index (χ0) is 23.3. The normalized spacial score (nSPS) is 49.4. The minimum absolute atomic E-state index is 0.0279. The van der Waals surface area contributed by atoms with Crippen LogP contribution in [0.2, 0.25) is 0 Å². The number of allylic oxidation sites excluding steroid dienone is 2. The Morgan fingerprint density at radius 3 is 2.44 bits per heavy atom. The van der Waals surface area contributed by atoms with Crippen molar-refractivity contribution in [2.75, 3.05) is 0 Å². The summed E-state index contributed by atoms with van der Waals surface area (Å²) in [7, 11) is 0. The number of hydrogen-bond donors (Lipinski definition) is 1. The Bertz CT molecular complexity index is 833. The second-order valence-corrected chi connectivity index (χ2v) is 14.4. The van der Waals surface area contributed by atoms with Crippen molar-refractivity contribution in [1.29, 1.82) is 0 Å². The predicted molar refractivity (Wildman–Crippen MR) is 135 cm³/mol. The molecule has 5 aliphatic rings. The average molecular weight is 439 g/mol. The monoisotopic (exact) mass is 438 g/mol. The molecule has 1 nitrogen and oxygen atoms in total. The first kappa shape index (κ1) is 23.2. The second-order valence-electron chi connectivity index (χ2n) is 14.4. The maximum absolute atomic E-state index is 10.8. The molecule has 32 heavy (non-hydrogen) atoms. The van der Waals surface area contributed by atoms with Gasteiger partial charge in [0.2, 0.25) is 0 Å². The molecule has 0 radical (unpaired) electrons. The van der Waals surface area contributed by atoms with Crippen molar-refractivity contribution in [2.24, 2.45) is 50.7 Å². The Labute approximate surface area is 198 Å². The molecule has 0 heterocycles. The third-order valence-electron chi connectivity index (χ3n) is 12.9. The highest BCUT2D eigenvalue weighted by atomic mass is 16.3. The van der Waals surface area contributed by atoms with Gasteiger partial charge in [-0.15, -0.1) is 0 Å². The van der Waals surface area contributed by atoms with E-state index in [1.807, 2.05) is 0 Å². The standard InChI is InChI=1S/C31H50O/c1-20(2)21(3)9-10-22(4)23-13-15-29(8)25-12-11-24-27(5,6)26(32)14-16-30(24)19-31(25,30)18-17-28(23,29)7/h11,20,22-23,25-26,32H,3,9-10,12-19H2,1-2,4-8H3. The van der Waals surface area contributed by atoms with Gasteiger partial charge in [0, 0.05) is 5.41 Å².